The monoisotopic (exact) mass is 182 g/mol. The minimum Gasteiger partial charge on any atom is -0.396 e. The van der Waals surface area contributed by atoms with Crippen molar-refractivity contribution < 1.29 is 9.84 Å². The Morgan fingerprint density at radius 1 is 1.38 bits per heavy atom. The third-order valence-electron chi connectivity index (χ3n) is 4.51. The maximum atomic E-state index is 9.46. The van der Waals surface area contributed by atoms with Crippen molar-refractivity contribution in [2.75, 3.05) is 13.2 Å². The van der Waals surface area contributed by atoms with Crippen LogP contribution < -0.4 is 0 Å². The van der Waals surface area contributed by atoms with Gasteiger partial charge in [0.25, 0.3) is 0 Å². The van der Waals surface area contributed by atoms with E-state index in [1.54, 1.807) is 0 Å². The molecule has 0 aromatic rings. The van der Waals surface area contributed by atoms with E-state index >= 15 is 0 Å². The summed E-state index contributed by atoms with van der Waals surface area (Å²) >= 11 is 0. The van der Waals surface area contributed by atoms with Gasteiger partial charge in [0, 0.05) is 5.41 Å². The van der Waals surface area contributed by atoms with Crippen molar-refractivity contribution in [2.45, 2.75) is 38.7 Å². The fourth-order valence-corrected chi connectivity index (χ4v) is 3.85. The standard InChI is InChI=1S/C11H18O2/c1-9(2)5-11(6-9)10(7-12)3-8(10)4-13-11/h8,12H,3-7H2,1-2H3. The SMILES string of the molecule is CC1(C)CC2(C1)OCC1CC12CO. The van der Waals surface area contributed by atoms with Crippen molar-refractivity contribution >= 4 is 0 Å². The topological polar surface area (TPSA) is 29.5 Å². The molecule has 3 rings (SSSR count). The molecule has 13 heavy (non-hydrogen) atoms. The molecule has 74 valence electrons. The summed E-state index contributed by atoms with van der Waals surface area (Å²) in [6.45, 7) is 5.83. The van der Waals surface area contributed by atoms with Gasteiger partial charge in [-0.3, -0.25) is 0 Å². The van der Waals surface area contributed by atoms with Crippen LogP contribution in [0.15, 0.2) is 0 Å². The summed E-state index contributed by atoms with van der Waals surface area (Å²) in [6.07, 6.45) is 3.51. The van der Waals surface area contributed by atoms with Crippen LogP contribution in [0.25, 0.3) is 0 Å². The minimum absolute atomic E-state index is 0.0793. The van der Waals surface area contributed by atoms with Crippen LogP contribution in [0.2, 0.25) is 0 Å². The number of ether oxygens (including phenoxy) is 1. The summed E-state index contributed by atoms with van der Waals surface area (Å²) in [7, 11) is 0. The molecule has 2 saturated carbocycles. The lowest BCUT2D eigenvalue weighted by molar-refractivity contribution is -0.176. The van der Waals surface area contributed by atoms with Crippen LogP contribution in [0.5, 0.6) is 0 Å². The molecular weight excluding hydrogens is 164 g/mol. The summed E-state index contributed by atoms with van der Waals surface area (Å²) in [6, 6.07) is 0. The van der Waals surface area contributed by atoms with E-state index in [1.165, 1.54) is 6.42 Å². The van der Waals surface area contributed by atoms with E-state index < -0.39 is 0 Å². The maximum Gasteiger partial charge on any atom is 0.0774 e. The van der Waals surface area contributed by atoms with Gasteiger partial charge in [-0.1, -0.05) is 13.8 Å². The fourth-order valence-electron chi connectivity index (χ4n) is 3.85. The number of hydrogen-bond acceptors (Lipinski definition) is 2. The fraction of sp³-hybridized carbons (Fsp3) is 1.00. The summed E-state index contributed by atoms with van der Waals surface area (Å²) < 4.78 is 5.91. The van der Waals surface area contributed by atoms with Gasteiger partial charge >= 0.3 is 0 Å². The van der Waals surface area contributed by atoms with E-state index in [2.05, 4.69) is 13.8 Å². The molecule has 2 heteroatoms. The third-order valence-corrected chi connectivity index (χ3v) is 4.51. The van der Waals surface area contributed by atoms with E-state index in [9.17, 15) is 5.11 Å². The third kappa shape index (κ3) is 0.774. The Balaban J connectivity index is 1.86. The number of aliphatic hydroxyl groups excluding tert-OH is 1. The van der Waals surface area contributed by atoms with Crippen molar-refractivity contribution in [1.82, 2.24) is 0 Å². The van der Waals surface area contributed by atoms with E-state index in [4.69, 9.17) is 4.74 Å². The molecule has 2 aliphatic carbocycles. The summed E-state index contributed by atoms with van der Waals surface area (Å²) in [5.41, 5.74) is 0.706. The highest BCUT2D eigenvalue weighted by Crippen LogP contribution is 2.74. The zero-order valence-corrected chi connectivity index (χ0v) is 8.47. The van der Waals surface area contributed by atoms with Crippen LogP contribution >= 0.6 is 0 Å². The van der Waals surface area contributed by atoms with Gasteiger partial charge in [-0.2, -0.15) is 0 Å². The molecule has 0 aromatic heterocycles. The zero-order chi connectivity index (χ0) is 9.32. The van der Waals surface area contributed by atoms with Crippen LogP contribution in [-0.4, -0.2) is 23.9 Å². The van der Waals surface area contributed by atoms with Crippen LogP contribution in [0.1, 0.15) is 33.1 Å². The second-order valence-corrected chi connectivity index (χ2v) is 6.04. The van der Waals surface area contributed by atoms with Gasteiger partial charge in [0.05, 0.1) is 18.8 Å². The highest BCUT2D eigenvalue weighted by atomic mass is 16.5. The maximum absolute atomic E-state index is 9.46. The molecule has 3 aliphatic rings. The molecular formula is C11H18O2. The zero-order valence-electron chi connectivity index (χ0n) is 8.47. The molecule has 1 aliphatic heterocycles. The van der Waals surface area contributed by atoms with Gasteiger partial charge in [-0.05, 0) is 30.6 Å². The highest BCUT2D eigenvalue weighted by molar-refractivity contribution is 5.24. The Morgan fingerprint density at radius 3 is 2.54 bits per heavy atom. The van der Waals surface area contributed by atoms with E-state index in [1.807, 2.05) is 0 Å². The van der Waals surface area contributed by atoms with E-state index in [-0.39, 0.29) is 11.0 Å². The number of hydrogen-bond donors (Lipinski definition) is 1. The molecule has 1 N–H and O–H groups in total. The Kier molecular flexibility index (Phi) is 1.24. The largest absolute Gasteiger partial charge is 0.396 e. The molecule has 1 saturated heterocycles. The van der Waals surface area contributed by atoms with Gasteiger partial charge in [-0.15, -0.1) is 0 Å². The molecule has 2 nitrogen and oxygen atoms in total. The summed E-state index contributed by atoms with van der Waals surface area (Å²) in [5, 5.41) is 9.46. The predicted octanol–water partition coefficient (Wildman–Crippen LogP) is 1.57. The van der Waals surface area contributed by atoms with Gasteiger partial charge in [-0.25, -0.2) is 0 Å². The minimum atomic E-state index is 0.0793. The number of aliphatic hydroxyl groups is 1. The second kappa shape index (κ2) is 1.96. The van der Waals surface area contributed by atoms with Crippen LogP contribution in [-0.2, 0) is 4.74 Å². The van der Waals surface area contributed by atoms with Crippen molar-refractivity contribution in [2.24, 2.45) is 16.7 Å². The summed E-state index contributed by atoms with van der Waals surface area (Å²) in [5.74, 6) is 0.675. The van der Waals surface area contributed by atoms with Crippen LogP contribution in [0.4, 0.5) is 0 Å². The van der Waals surface area contributed by atoms with Crippen LogP contribution in [0.3, 0.4) is 0 Å². The van der Waals surface area contributed by atoms with E-state index in [0.29, 0.717) is 17.9 Å². The van der Waals surface area contributed by atoms with E-state index in [0.717, 1.165) is 19.4 Å². The Morgan fingerprint density at radius 2 is 2.08 bits per heavy atom. The first kappa shape index (κ1) is 8.25. The average Bonchev–Trinajstić information content (AvgIpc) is 2.65. The Hall–Kier alpha value is -0.0800. The van der Waals surface area contributed by atoms with Crippen molar-refractivity contribution in [3.63, 3.8) is 0 Å². The first-order chi connectivity index (χ1) is 6.04. The lowest BCUT2D eigenvalue weighted by Gasteiger charge is -2.55. The van der Waals surface area contributed by atoms with Gasteiger partial charge < -0.3 is 9.84 Å². The number of fused-ring (bicyclic) bond motifs is 2. The summed E-state index contributed by atoms with van der Waals surface area (Å²) in [4.78, 5) is 0. The normalized spacial score (nSPS) is 48.7. The Bertz CT molecular complexity index is 247. The molecule has 1 spiro atoms. The lowest BCUT2D eigenvalue weighted by Crippen LogP contribution is -2.56. The molecule has 0 amide bonds. The molecule has 1 heterocycles. The van der Waals surface area contributed by atoms with Crippen LogP contribution in [0, 0.1) is 16.7 Å². The molecule has 2 unspecified atom stereocenters. The lowest BCUT2D eigenvalue weighted by atomic mass is 9.55. The average molecular weight is 182 g/mol. The van der Waals surface area contributed by atoms with Gasteiger partial charge in [0.2, 0.25) is 0 Å². The first-order valence-corrected chi connectivity index (χ1v) is 5.29. The predicted molar refractivity (Wildman–Crippen MR) is 49.3 cm³/mol. The molecule has 0 bridgehead atoms. The van der Waals surface area contributed by atoms with Crippen molar-refractivity contribution in [1.29, 1.82) is 0 Å². The van der Waals surface area contributed by atoms with Gasteiger partial charge in [0.15, 0.2) is 0 Å². The second-order valence-electron chi connectivity index (χ2n) is 6.04. The number of rotatable bonds is 1. The van der Waals surface area contributed by atoms with Crippen molar-refractivity contribution in [3.05, 3.63) is 0 Å². The quantitative estimate of drug-likeness (QED) is 0.667. The Labute approximate surface area is 79.3 Å². The molecule has 3 fully saturated rings. The molecule has 2 atom stereocenters. The van der Waals surface area contributed by atoms with Gasteiger partial charge in [0.1, 0.15) is 0 Å². The first-order valence-electron chi connectivity index (χ1n) is 5.29. The smallest absolute Gasteiger partial charge is 0.0774 e. The molecule has 0 radical (unpaired) electrons. The molecule has 0 aromatic carbocycles. The highest BCUT2D eigenvalue weighted by Gasteiger charge is 2.76. The van der Waals surface area contributed by atoms with Crippen molar-refractivity contribution in [3.8, 4) is 0 Å².